The molecule has 0 aliphatic carbocycles. The van der Waals surface area contributed by atoms with Crippen LogP contribution in [0.15, 0.2) is 53.3 Å². The van der Waals surface area contributed by atoms with Crippen molar-refractivity contribution in [2.45, 2.75) is 0 Å². The molecule has 6 nitrogen and oxygen atoms in total. The van der Waals surface area contributed by atoms with Crippen LogP contribution in [0.4, 0.5) is 14.5 Å². The molecule has 132 valence electrons. The molecular formula is C18H13F2N3O3. The molecule has 0 radical (unpaired) electrons. The van der Waals surface area contributed by atoms with Gasteiger partial charge in [0.25, 0.3) is 5.91 Å². The van der Waals surface area contributed by atoms with Gasteiger partial charge in [-0.15, -0.1) is 0 Å². The van der Waals surface area contributed by atoms with Crippen molar-refractivity contribution in [3.63, 3.8) is 0 Å². The van der Waals surface area contributed by atoms with E-state index >= 15 is 0 Å². The number of nitrogens with one attached hydrogen (secondary N) is 2. The van der Waals surface area contributed by atoms with Gasteiger partial charge in [0.15, 0.2) is 0 Å². The van der Waals surface area contributed by atoms with Crippen LogP contribution < -0.4 is 15.7 Å². The molecule has 3 rings (SSSR count). The number of halogens is 2. The molecule has 0 saturated heterocycles. The van der Waals surface area contributed by atoms with E-state index in [2.05, 4.69) is 15.3 Å². The first kappa shape index (κ1) is 17.3. The molecule has 3 aromatic rings. The molecule has 2 aromatic carbocycles. The van der Waals surface area contributed by atoms with Gasteiger partial charge in [-0.2, -0.15) is 4.98 Å². The molecule has 0 fully saturated rings. The van der Waals surface area contributed by atoms with Gasteiger partial charge in [0, 0.05) is 11.6 Å². The van der Waals surface area contributed by atoms with Crippen molar-refractivity contribution >= 4 is 11.6 Å². The number of carbonyl (C=O) groups is 1. The Labute approximate surface area is 146 Å². The predicted molar refractivity (Wildman–Crippen MR) is 91.2 cm³/mol. The number of ether oxygens (including phenoxy) is 1. The Kier molecular flexibility index (Phi) is 4.74. The van der Waals surface area contributed by atoms with Crippen LogP contribution in [0.1, 0.15) is 10.5 Å². The summed E-state index contributed by atoms with van der Waals surface area (Å²) < 4.78 is 31.7. The van der Waals surface area contributed by atoms with Crippen LogP contribution >= 0.6 is 0 Å². The zero-order valence-corrected chi connectivity index (χ0v) is 13.5. The number of rotatable bonds is 4. The summed E-state index contributed by atoms with van der Waals surface area (Å²) in [5.74, 6) is -1.82. The zero-order valence-electron chi connectivity index (χ0n) is 13.5. The average Bonchev–Trinajstić information content (AvgIpc) is 2.63. The van der Waals surface area contributed by atoms with Crippen molar-refractivity contribution in [2.24, 2.45) is 0 Å². The van der Waals surface area contributed by atoms with Gasteiger partial charge in [0.2, 0.25) is 0 Å². The first-order valence-corrected chi connectivity index (χ1v) is 7.48. The van der Waals surface area contributed by atoms with Crippen molar-refractivity contribution < 1.29 is 18.3 Å². The summed E-state index contributed by atoms with van der Waals surface area (Å²) in [6.07, 6.45) is 0. The van der Waals surface area contributed by atoms with Crippen LogP contribution in [0.3, 0.4) is 0 Å². The van der Waals surface area contributed by atoms with Gasteiger partial charge in [0.1, 0.15) is 23.1 Å². The van der Waals surface area contributed by atoms with Crippen molar-refractivity contribution in [1.29, 1.82) is 0 Å². The SMILES string of the molecule is COc1ccc(-c2cc(C(=O)Nc3ccc(F)cc3F)[nH]c(=O)n2)cc1. The molecule has 0 aliphatic rings. The smallest absolute Gasteiger partial charge is 0.346 e. The molecule has 8 heteroatoms. The summed E-state index contributed by atoms with van der Waals surface area (Å²) in [5.41, 5.74) is -0.192. The fourth-order valence-corrected chi connectivity index (χ4v) is 2.27. The van der Waals surface area contributed by atoms with Crippen LogP contribution in [-0.4, -0.2) is 23.0 Å². The molecule has 2 N–H and O–H groups in total. The molecule has 1 amide bonds. The molecule has 0 atom stereocenters. The van der Waals surface area contributed by atoms with Gasteiger partial charge in [-0.1, -0.05) is 0 Å². The number of amides is 1. The largest absolute Gasteiger partial charge is 0.497 e. The molecular weight excluding hydrogens is 344 g/mol. The maximum atomic E-state index is 13.7. The van der Waals surface area contributed by atoms with Gasteiger partial charge >= 0.3 is 5.69 Å². The maximum Gasteiger partial charge on any atom is 0.346 e. The van der Waals surface area contributed by atoms with E-state index in [0.717, 1.165) is 12.1 Å². The Bertz CT molecular complexity index is 1020. The molecule has 0 unspecified atom stereocenters. The fourth-order valence-electron chi connectivity index (χ4n) is 2.27. The van der Waals surface area contributed by atoms with E-state index in [1.807, 2.05) is 0 Å². The number of carbonyl (C=O) groups excluding carboxylic acids is 1. The number of anilines is 1. The van der Waals surface area contributed by atoms with Crippen LogP contribution in [0.2, 0.25) is 0 Å². The van der Waals surface area contributed by atoms with E-state index in [1.54, 1.807) is 24.3 Å². The first-order valence-electron chi connectivity index (χ1n) is 7.48. The van der Waals surface area contributed by atoms with Crippen LogP contribution in [0, 0.1) is 11.6 Å². The highest BCUT2D eigenvalue weighted by molar-refractivity contribution is 6.03. The second-order valence-corrected chi connectivity index (χ2v) is 5.29. The van der Waals surface area contributed by atoms with Gasteiger partial charge in [-0.3, -0.25) is 4.79 Å². The second kappa shape index (κ2) is 7.14. The van der Waals surface area contributed by atoms with Crippen molar-refractivity contribution in [2.75, 3.05) is 12.4 Å². The quantitative estimate of drug-likeness (QED) is 0.752. The van der Waals surface area contributed by atoms with Crippen LogP contribution in [-0.2, 0) is 0 Å². The number of aromatic amines is 1. The standard InChI is InChI=1S/C18H13F2N3O3/c1-26-12-5-2-10(3-6-12)15-9-16(23-18(25)22-15)17(24)21-14-7-4-11(19)8-13(14)20/h2-9H,1H3,(H,21,24)(H,22,23,25). The number of hydrogen-bond donors (Lipinski definition) is 2. The molecule has 0 bridgehead atoms. The second-order valence-electron chi connectivity index (χ2n) is 5.29. The van der Waals surface area contributed by atoms with Gasteiger partial charge < -0.3 is 15.0 Å². The Balaban J connectivity index is 1.91. The molecule has 1 aromatic heterocycles. The lowest BCUT2D eigenvalue weighted by Crippen LogP contribution is -2.21. The Hall–Kier alpha value is -3.55. The van der Waals surface area contributed by atoms with Gasteiger partial charge in [0.05, 0.1) is 18.5 Å². The summed E-state index contributed by atoms with van der Waals surface area (Å²) >= 11 is 0. The average molecular weight is 357 g/mol. The number of benzene rings is 2. The van der Waals surface area contributed by atoms with Gasteiger partial charge in [-0.05, 0) is 42.5 Å². The van der Waals surface area contributed by atoms with E-state index in [4.69, 9.17) is 4.74 Å². The third-order valence-corrected chi connectivity index (χ3v) is 3.55. The van der Waals surface area contributed by atoms with E-state index < -0.39 is 23.2 Å². The van der Waals surface area contributed by atoms with Crippen molar-refractivity contribution in [1.82, 2.24) is 9.97 Å². The molecule has 0 aliphatic heterocycles. The fraction of sp³-hybridized carbons (Fsp3) is 0.0556. The lowest BCUT2D eigenvalue weighted by molar-refractivity contribution is 0.102. The summed E-state index contributed by atoms with van der Waals surface area (Å²) in [4.78, 5) is 30.2. The topological polar surface area (TPSA) is 84.1 Å². The number of hydrogen-bond acceptors (Lipinski definition) is 4. The van der Waals surface area contributed by atoms with E-state index in [9.17, 15) is 18.4 Å². The minimum absolute atomic E-state index is 0.112. The number of nitrogens with zero attached hydrogens (tertiary/aromatic N) is 1. The summed E-state index contributed by atoms with van der Waals surface area (Å²) in [6, 6.07) is 10.8. The molecule has 26 heavy (non-hydrogen) atoms. The first-order chi connectivity index (χ1) is 12.5. The highest BCUT2D eigenvalue weighted by atomic mass is 19.1. The third-order valence-electron chi connectivity index (χ3n) is 3.55. The summed E-state index contributed by atoms with van der Waals surface area (Å²) in [7, 11) is 1.53. The van der Waals surface area contributed by atoms with Crippen LogP contribution in [0.5, 0.6) is 5.75 Å². The van der Waals surface area contributed by atoms with Crippen molar-refractivity contribution in [3.05, 3.63) is 76.3 Å². The normalized spacial score (nSPS) is 10.4. The zero-order chi connectivity index (χ0) is 18.7. The maximum absolute atomic E-state index is 13.7. The lowest BCUT2D eigenvalue weighted by Gasteiger charge is -2.08. The Morgan fingerprint density at radius 2 is 1.85 bits per heavy atom. The van der Waals surface area contributed by atoms with E-state index in [-0.39, 0.29) is 17.1 Å². The number of aromatic nitrogens is 2. The van der Waals surface area contributed by atoms with E-state index in [0.29, 0.717) is 17.4 Å². The third kappa shape index (κ3) is 3.75. The number of methoxy groups -OCH3 is 1. The Morgan fingerprint density at radius 1 is 1.12 bits per heavy atom. The highest BCUT2D eigenvalue weighted by Crippen LogP contribution is 2.21. The van der Waals surface area contributed by atoms with E-state index in [1.165, 1.54) is 13.2 Å². The minimum Gasteiger partial charge on any atom is -0.497 e. The number of H-pyrrole nitrogens is 1. The lowest BCUT2D eigenvalue weighted by atomic mass is 10.1. The minimum atomic E-state index is -0.926. The summed E-state index contributed by atoms with van der Waals surface area (Å²) in [5, 5.41) is 2.28. The van der Waals surface area contributed by atoms with Gasteiger partial charge in [-0.25, -0.2) is 13.6 Å². The Morgan fingerprint density at radius 3 is 2.50 bits per heavy atom. The monoisotopic (exact) mass is 357 g/mol. The predicted octanol–water partition coefficient (Wildman–Crippen LogP) is 2.98. The highest BCUT2D eigenvalue weighted by Gasteiger charge is 2.13. The summed E-state index contributed by atoms with van der Waals surface area (Å²) in [6.45, 7) is 0. The van der Waals surface area contributed by atoms with Crippen LogP contribution in [0.25, 0.3) is 11.3 Å². The molecule has 0 saturated carbocycles. The molecule has 1 heterocycles. The van der Waals surface area contributed by atoms with Crippen molar-refractivity contribution in [3.8, 4) is 17.0 Å². The molecule has 0 spiro atoms.